The summed E-state index contributed by atoms with van der Waals surface area (Å²) in [6, 6.07) is 18.7. The number of likely N-dealkylation sites (tertiary alicyclic amines) is 2. The van der Waals surface area contributed by atoms with E-state index in [2.05, 4.69) is 29.4 Å². The summed E-state index contributed by atoms with van der Waals surface area (Å²) in [6.45, 7) is 12.3. The van der Waals surface area contributed by atoms with Gasteiger partial charge in [0.05, 0.1) is 83.0 Å². The van der Waals surface area contributed by atoms with Crippen LogP contribution in [0.25, 0.3) is 22.1 Å². The smallest absolute Gasteiger partial charge is 0.870 e. The maximum atomic E-state index is 12.5. The van der Waals surface area contributed by atoms with Gasteiger partial charge in [-0.2, -0.15) is 0 Å². The largest absolute Gasteiger partial charge is 1.00 e. The van der Waals surface area contributed by atoms with Crippen LogP contribution in [0.1, 0.15) is 140 Å². The number of para-hydroxylation sites is 4. The van der Waals surface area contributed by atoms with Gasteiger partial charge in [0, 0.05) is 26.3 Å². The zero-order valence-corrected chi connectivity index (χ0v) is 54.1. The monoisotopic (exact) mass is 1330 g/mol. The number of H-pyrrole nitrogens is 2. The van der Waals surface area contributed by atoms with E-state index in [0.717, 1.165) is 38.3 Å². The fourth-order valence-electron chi connectivity index (χ4n) is 7.92. The number of nitrogens with two attached hydrogens (primary N) is 3. The SMILES string of the molecule is C.CC(C)(C)OC(=O)N1CCC[C@H]1c1nc2c(C(=O)O)cccc2[nH]1.CO.COC(=O)c1cccc(N)c1N.COC(=O)c1cccc([N+](=O)[O-])c1N.COC(=O)c1cccc2[nH]c([C@@H]3CCCN3C(=O)OC(C)(C)C)nc12.O.[Cl][Sn][Cl].[Na+].[OH-]. The Labute approximate surface area is 525 Å². The number of nitro benzene ring substituents is 1. The summed E-state index contributed by atoms with van der Waals surface area (Å²) in [5, 5.41) is 26.7. The number of aliphatic hydroxyl groups is 1. The molecule has 2 amide bonds. The maximum Gasteiger partial charge on any atom is 1.00 e. The van der Waals surface area contributed by atoms with Crippen LogP contribution >= 0.6 is 17.8 Å². The number of aromatic nitrogens is 4. The van der Waals surface area contributed by atoms with Gasteiger partial charge in [0.2, 0.25) is 0 Å². The van der Waals surface area contributed by atoms with Crippen molar-refractivity contribution in [2.45, 2.75) is 97.9 Å². The van der Waals surface area contributed by atoms with E-state index in [1.54, 1.807) is 52.3 Å². The summed E-state index contributed by atoms with van der Waals surface area (Å²) in [7, 11) is 14.7. The molecule has 456 valence electrons. The second kappa shape index (κ2) is 36.9. The summed E-state index contributed by atoms with van der Waals surface area (Å²) in [6.07, 6.45) is 2.58. The van der Waals surface area contributed by atoms with Crippen LogP contribution in [-0.2, 0) is 23.7 Å². The number of anilines is 3. The number of imidazole rings is 2. The van der Waals surface area contributed by atoms with E-state index in [0.29, 0.717) is 58.1 Å². The number of hydrogen-bond acceptors (Lipinski definition) is 20. The number of carboxylic acid groups (broad SMARTS) is 1. The number of rotatable bonds is 7. The third kappa shape index (κ3) is 22.1. The Morgan fingerprint density at radius 3 is 1.38 bits per heavy atom. The number of methoxy groups -OCH3 is 3. The van der Waals surface area contributed by atoms with Crippen LogP contribution in [0, 0.1) is 10.1 Å². The summed E-state index contributed by atoms with van der Waals surface area (Å²) in [5.41, 5.74) is 18.7. The number of esters is 3. The number of aromatic amines is 2. The van der Waals surface area contributed by atoms with Crippen LogP contribution < -0.4 is 46.8 Å². The van der Waals surface area contributed by atoms with E-state index in [-0.39, 0.29) is 100 Å². The molecule has 2 fully saturated rings. The quantitative estimate of drug-likeness (QED) is 0.0255. The molecular weight excluding hydrogens is 1260 g/mol. The molecular formula is C53H73Cl2N10NaO17Sn. The molecule has 2 aliphatic rings. The van der Waals surface area contributed by atoms with E-state index < -0.39 is 58.9 Å². The number of nitrogens with zero attached hydrogens (tertiary/aromatic N) is 5. The average Bonchev–Trinajstić information content (AvgIpc) is 4.32. The molecule has 13 N–H and O–H groups in total. The number of carbonyl (C=O) groups is 6. The van der Waals surface area contributed by atoms with Crippen molar-refractivity contribution in [1.82, 2.24) is 29.7 Å². The van der Waals surface area contributed by atoms with Crippen LogP contribution in [0.4, 0.5) is 32.3 Å². The van der Waals surface area contributed by atoms with Gasteiger partial charge >= 0.3 is 102 Å². The number of carbonyl (C=O) groups excluding carboxylic acids is 5. The number of ether oxygens (including phenoxy) is 5. The Morgan fingerprint density at radius 2 is 1.00 bits per heavy atom. The molecule has 0 spiro atoms. The number of aliphatic hydroxyl groups excluding tert-OH is 1. The molecule has 0 bridgehead atoms. The minimum Gasteiger partial charge on any atom is -0.870 e. The van der Waals surface area contributed by atoms with Crippen molar-refractivity contribution in [3.8, 4) is 0 Å². The zero-order chi connectivity index (χ0) is 60.2. The molecule has 4 heterocycles. The molecule has 2 saturated heterocycles. The summed E-state index contributed by atoms with van der Waals surface area (Å²) < 4.78 is 24.7. The first kappa shape index (κ1) is 79.4. The molecule has 8 rings (SSSR count). The van der Waals surface area contributed by atoms with Gasteiger partial charge in [-0.05, 0) is 110 Å². The van der Waals surface area contributed by atoms with Gasteiger partial charge in [-0.3, -0.25) is 19.9 Å². The van der Waals surface area contributed by atoms with E-state index in [1.165, 1.54) is 45.6 Å². The minimum absolute atomic E-state index is 0. The van der Waals surface area contributed by atoms with Gasteiger partial charge < -0.3 is 72.0 Å². The number of aromatic carboxylic acids is 1. The predicted molar refractivity (Wildman–Crippen MR) is 314 cm³/mol. The number of carboxylic acids is 1. The second-order valence-electron chi connectivity index (χ2n) is 19.0. The second-order valence-corrected chi connectivity index (χ2v) is 23.2. The van der Waals surface area contributed by atoms with Crippen molar-refractivity contribution < 1.29 is 108 Å². The summed E-state index contributed by atoms with van der Waals surface area (Å²) in [4.78, 5) is 98.8. The Bertz CT molecular complexity index is 3140. The number of nitrogens with one attached hydrogen (secondary N) is 2. The fourth-order valence-corrected chi connectivity index (χ4v) is 7.92. The van der Waals surface area contributed by atoms with Crippen LogP contribution in [-0.4, -0.2) is 164 Å². The maximum absolute atomic E-state index is 12.5. The van der Waals surface area contributed by atoms with E-state index in [4.69, 9.17) is 54.4 Å². The number of nitrogen functional groups attached to an aromatic ring is 3. The third-order valence-corrected chi connectivity index (χ3v) is 11.3. The number of nitro groups is 1. The van der Waals surface area contributed by atoms with Crippen molar-refractivity contribution in [3.05, 3.63) is 117 Å². The molecule has 0 aliphatic carbocycles. The van der Waals surface area contributed by atoms with E-state index in [9.17, 15) is 44.0 Å². The first-order valence-corrected chi connectivity index (χ1v) is 31.5. The predicted octanol–water partition coefficient (Wildman–Crippen LogP) is 5.60. The van der Waals surface area contributed by atoms with Crippen molar-refractivity contribution in [2.24, 2.45) is 0 Å². The average molecular weight is 1330 g/mol. The molecule has 2 aliphatic heterocycles. The number of halogens is 2. The fraction of sp³-hybridized carbons (Fsp3) is 0.396. The van der Waals surface area contributed by atoms with Gasteiger partial charge in [0.15, 0.2) is 0 Å². The molecule has 84 heavy (non-hydrogen) atoms. The number of hydrogen-bond donors (Lipinski definition) is 7. The molecule has 2 aromatic heterocycles. The summed E-state index contributed by atoms with van der Waals surface area (Å²) in [5.74, 6) is -1.35. The van der Waals surface area contributed by atoms with E-state index >= 15 is 0 Å². The van der Waals surface area contributed by atoms with Crippen LogP contribution in [0.3, 0.4) is 0 Å². The molecule has 0 unspecified atom stereocenters. The van der Waals surface area contributed by atoms with Crippen molar-refractivity contribution in [3.63, 3.8) is 0 Å². The molecule has 6 aromatic rings. The minimum atomic E-state index is -1.02. The third-order valence-electron chi connectivity index (χ3n) is 11.3. The zero-order valence-electron chi connectivity index (χ0n) is 47.7. The van der Waals surface area contributed by atoms with Gasteiger partial charge in [-0.1, -0.05) is 31.7 Å². The summed E-state index contributed by atoms with van der Waals surface area (Å²) >= 11 is -0.826. The number of fused-ring (bicyclic) bond motifs is 2. The molecule has 4 aromatic carbocycles. The van der Waals surface area contributed by atoms with Crippen LogP contribution in [0.5, 0.6) is 0 Å². The Morgan fingerprint density at radius 1 is 0.655 bits per heavy atom. The molecule has 2 radical (unpaired) electrons. The van der Waals surface area contributed by atoms with Gasteiger partial charge in [0.25, 0.3) is 5.69 Å². The van der Waals surface area contributed by atoms with Crippen molar-refractivity contribution in [2.75, 3.05) is 58.7 Å². The molecule has 27 nitrogen and oxygen atoms in total. The van der Waals surface area contributed by atoms with Crippen molar-refractivity contribution in [1.29, 1.82) is 0 Å². The first-order chi connectivity index (χ1) is 37.7. The number of benzene rings is 4. The first-order valence-electron chi connectivity index (χ1n) is 24.2. The normalized spacial score (nSPS) is 13.7. The standard InChI is InChI=1S/C18H23N3O4.C17H21N3O4.C8H8N2O4.C8H10N2O2.CH4O.CH4.2ClH.Na.2H2O.Sn/c1-18(2,3)25-17(23)21-10-6-9-13(21)15-19-12-8-5-7-11(14(12)20-15)16(22)24-4;1-17(2,3)24-16(23)20-9-5-8-12(20)14-18-11-7-4-6-10(15(21)22)13(11)19-14;1-14-8(11)5-3-2-4-6(7(5)9)10(12)13;1-12-8(11)5-3-2-4-6(9)7(5)10;1-2;;;;;;;/h5,7-8,13H,6,9-10H2,1-4H3,(H,19,20);4,6-7,12H,5,8-9H2,1-3H3,(H,18,19)(H,21,22);2-4H,9H2,1H3;2-4H,9-10H2,1H3;2H,1H3;1H4;2*1H;;2*1H2;/q;;;;;;;;+1;;;+2/p-3/t13-;12-;;;;;;;;;;/m00........../s1. The Kier molecular flexibility index (Phi) is 34.8. The Balaban J connectivity index is 0. The molecule has 31 heteroatoms. The number of amides is 2. The topological polar surface area (TPSA) is 436 Å². The Hall–Kier alpha value is -6.70. The van der Waals surface area contributed by atoms with Gasteiger partial charge in [-0.25, -0.2) is 38.7 Å². The van der Waals surface area contributed by atoms with E-state index in [1.807, 2.05) is 47.6 Å². The van der Waals surface area contributed by atoms with Gasteiger partial charge in [-0.15, -0.1) is 0 Å². The molecule has 2 atom stereocenters. The van der Waals surface area contributed by atoms with Crippen LogP contribution in [0.2, 0.25) is 0 Å². The molecule has 0 saturated carbocycles. The van der Waals surface area contributed by atoms with Crippen LogP contribution in [0.15, 0.2) is 72.8 Å². The van der Waals surface area contributed by atoms with Crippen molar-refractivity contribution >= 4 is 118 Å². The van der Waals surface area contributed by atoms with Gasteiger partial charge in [0.1, 0.15) is 39.6 Å².